The van der Waals surface area contributed by atoms with Crippen molar-refractivity contribution >= 4 is 61.4 Å². The van der Waals surface area contributed by atoms with E-state index in [0.717, 1.165) is 5.56 Å². The molecule has 11 heteroatoms. The summed E-state index contributed by atoms with van der Waals surface area (Å²) in [4.78, 5) is 12.4. The Kier molecular flexibility index (Phi) is 6.61. The van der Waals surface area contributed by atoms with Gasteiger partial charge in [-0.05, 0) is 64.9 Å². The molecule has 0 radical (unpaired) electrons. The van der Waals surface area contributed by atoms with Gasteiger partial charge < -0.3 is 10.1 Å². The van der Waals surface area contributed by atoms with Crippen LogP contribution in [0, 0.1) is 9.39 Å². The zero-order chi connectivity index (χ0) is 23.9. The minimum atomic E-state index is -3.85. The van der Waals surface area contributed by atoms with Gasteiger partial charge in [-0.3, -0.25) is 14.1 Å². The lowest BCUT2D eigenvalue weighted by Gasteiger charge is -2.20. The second kappa shape index (κ2) is 9.15. The van der Waals surface area contributed by atoms with E-state index in [1.54, 1.807) is 18.2 Å². The van der Waals surface area contributed by atoms with Crippen molar-refractivity contribution < 1.29 is 17.5 Å². The van der Waals surface area contributed by atoms with Crippen LogP contribution in [0.2, 0.25) is 5.02 Å². The first-order valence-electron chi connectivity index (χ1n) is 9.88. The van der Waals surface area contributed by atoms with Crippen LogP contribution in [0.1, 0.15) is 17.9 Å². The van der Waals surface area contributed by atoms with Gasteiger partial charge in [0.1, 0.15) is 17.3 Å². The smallest absolute Gasteiger partial charge is 0.255 e. The molecule has 0 aliphatic heterocycles. The SMILES string of the molecule is COc1cc(=O)n(C)c(Nc2ccc(I)cc2F)c1NS(=O)(=O)C1CC1c1ccc(Cl)cc1. The number of pyridine rings is 1. The molecule has 2 atom stereocenters. The molecule has 33 heavy (non-hydrogen) atoms. The molecule has 0 bridgehead atoms. The van der Waals surface area contributed by atoms with Gasteiger partial charge in [0.25, 0.3) is 5.56 Å². The Bertz CT molecular complexity index is 1380. The van der Waals surface area contributed by atoms with Gasteiger partial charge in [0.15, 0.2) is 5.75 Å². The van der Waals surface area contributed by atoms with Crippen LogP contribution < -0.4 is 20.3 Å². The number of nitrogens with one attached hydrogen (secondary N) is 2. The van der Waals surface area contributed by atoms with E-state index < -0.39 is 26.6 Å². The highest BCUT2D eigenvalue weighted by Crippen LogP contribution is 2.47. The summed E-state index contributed by atoms with van der Waals surface area (Å²) in [7, 11) is -1.07. The number of hydrogen-bond donors (Lipinski definition) is 2. The molecule has 0 saturated heterocycles. The highest BCUT2D eigenvalue weighted by molar-refractivity contribution is 14.1. The number of anilines is 3. The van der Waals surface area contributed by atoms with E-state index in [2.05, 4.69) is 10.0 Å². The van der Waals surface area contributed by atoms with Gasteiger partial charge in [-0.25, -0.2) is 12.8 Å². The summed E-state index contributed by atoms with van der Waals surface area (Å²) in [6.07, 6.45) is 0.444. The Balaban J connectivity index is 1.70. The van der Waals surface area contributed by atoms with Crippen molar-refractivity contribution in [2.75, 3.05) is 17.1 Å². The van der Waals surface area contributed by atoms with Gasteiger partial charge in [-0.1, -0.05) is 23.7 Å². The Labute approximate surface area is 209 Å². The van der Waals surface area contributed by atoms with Crippen molar-refractivity contribution in [1.29, 1.82) is 0 Å². The topological polar surface area (TPSA) is 89.4 Å². The van der Waals surface area contributed by atoms with Crippen LogP contribution in [0.25, 0.3) is 0 Å². The molecule has 0 spiro atoms. The lowest BCUT2D eigenvalue weighted by Crippen LogP contribution is -2.25. The third-order valence-electron chi connectivity index (χ3n) is 5.48. The van der Waals surface area contributed by atoms with Crippen molar-refractivity contribution in [2.45, 2.75) is 17.6 Å². The van der Waals surface area contributed by atoms with Crippen molar-refractivity contribution in [3.8, 4) is 5.75 Å². The predicted molar refractivity (Wildman–Crippen MR) is 136 cm³/mol. The molecule has 2 aromatic carbocycles. The summed E-state index contributed by atoms with van der Waals surface area (Å²) in [6, 6.07) is 12.8. The van der Waals surface area contributed by atoms with E-state index in [4.69, 9.17) is 16.3 Å². The summed E-state index contributed by atoms with van der Waals surface area (Å²) < 4.78 is 50.7. The van der Waals surface area contributed by atoms with Gasteiger partial charge in [0.05, 0.1) is 18.0 Å². The average molecular weight is 604 g/mol. The molecule has 3 aromatic rings. The standard InChI is InChI=1S/C22H20ClFIN3O4S/c1-28-20(29)11-18(32-2)21(22(28)26-17-8-7-14(25)9-16(17)24)27-33(30,31)19-10-15(19)12-3-5-13(23)6-4-12/h3-9,11,15,19,26-27H,10H2,1-2H3. The Morgan fingerprint density at radius 2 is 1.88 bits per heavy atom. The van der Waals surface area contributed by atoms with Gasteiger partial charge in [-0.15, -0.1) is 0 Å². The summed E-state index contributed by atoms with van der Waals surface area (Å²) in [5, 5.41) is 2.76. The Hall–Kier alpha value is -2.31. The zero-order valence-corrected chi connectivity index (χ0v) is 21.3. The van der Waals surface area contributed by atoms with E-state index in [1.807, 2.05) is 34.7 Å². The fourth-order valence-electron chi connectivity index (χ4n) is 3.59. The minimum absolute atomic E-state index is 0.0267. The summed E-state index contributed by atoms with van der Waals surface area (Å²) in [5.41, 5.74) is 0.541. The second-order valence-electron chi connectivity index (χ2n) is 7.66. The van der Waals surface area contributed by atoms with Crippen molar-refractivity contribution in [3.05, 3.63) is 78.9 Å². The average Bonchev–Trinajstić information content (AvgIpc) is 3.57. The number of rotatable bonds is 7. The molecular formula is C22H20ClFIN3O4S. The number of aromatic nitrogens is 1. The molecule has 174 valence electrons. The van der Waals surface area contributed by atoms with Crippen LogP contribution in [0.15, 0.2) is 53.3 Å². The number of sulfonamides is 1. The van der Waals surface area contributed by atoms with Crippen LogP contribution in [-0.4, -0.2) is 25.3 Å². The first-order chi connectivity index (χ1) is 15.6. The van der Waals surface area contributed by atoms with Gasteiger partial charge >= 0.3 is 0 Å². The van der Waals surface area contributed by atoms with Crippen molar-refractivity contribution in [2.24, 2.45) is 7.05 Å². The van der Waals surface area contributed by atoms with Crippen LogP contribution >= 0.6 is 34.2 Å². The highest BCUT2D eigenvalue weighted by atomic mass is 127. The lowest BCUT2D eigenvalue weighted by atomic mass is 10.1. The van der Waals surface area contributed by atoms with E-state index in [0.29, 0.717) is 15.0 Å². The van der Waals surface area contributed by atoms with Gasteiger partial charge in [0.2, 0.25) is 10.0 Å². The monoisotopic (exact) mass is 603 g/mol. The number of nitrogens with zero attached hydrogens (tertiary/aromatic N) is 1. The normalized spacial score (nSPS) is 17.5. The van der Waals surface area contributed by atoms with Crippen LogP contribution in [0.4, 0.5) is 21.6 Å². The molecule has 1 heterocycles. The first kappa shape index (κ1) is 23.8. The maximum Gasteiger partial charge on any atom is 0.255 e. The Morgan fingerprint density at radius 3 is 2.52 bits per heavy atom. The molecule has 7 nitrogen and oxygen atoms in total. The predicted octanol–water partition coefficient (Wildman–Crippen LogP) is 4.83. The fourth-order valence-corrected chi connectivity index (χ4v) is 5.86. The van der Waals surface area contributed by atoms with Crippen molar-refractivity contribution in [3.63, 3.8) is 0 Å². The molecule has 2 unspecified atom stereocenters. The quantitative estimate of drug-likeness (QED) is 0.378. The summed E-state index contributed by atoms with van der Waals surface area (Å²) in [5.74, 6) is -0.634. The van der Waals surface area contributed by atoms with E-state index in [9.17, 15) is 17.6 Å². The van der Waals surface area contributed by atoms with Gasteiger partial charge in [0, 0.05) is 27.6 Å². The van der Waals surface area contributed by atoms with E-state index in [-0.39, 0.29) is 28.9 Å². The second-order valence-corrected chi connectivity index (χ2v) is 11.2. The Morgan fingerprint density at radius 1 is 1.18 bits per heavy atom. The molecule has 1 saturated carbocycles. The molecule has 4 rings (SSSR count). The molecule has 1 aliphatic carbocycles. The van der Waals surface area contributed by atoms with Crippen molar-refractivity contribution in [1.82, 2.24) is 4.57 Å². The fraction of sp³-hybridized carbons (Fsp3) is 0.227. The molecular weight excluding hydrogens is 584 g/mol. The van der Waals surface area contributed by atoms with Gasteiger partial charge in [-0.2, -0.15) is 0 Å². The molecule has 0 amide bonds. The number of benzene rings is 2. The highest BCUT2D eigenvalue weighted by Gasteiger charge is 2.48. The molecule has 2 N–H and O–H groups in total. The summed E-state index contributed by atoms with van der Waals surface area (Å²) in [6.45, 7) is 0. The molecule has 1 fully saturated rings. The van der Waals surface area contributed by atoms with E-state index >= 15 is 0 Å². The van der Waals surface area contributed by atoms with Crippen LogP contribution in [0.5, 0.6) is 5.75 Å². The van der Waals surface area contributed by atoms with E-state index in [1.165, 1.54) is 36.9 Å². The number of methoxy groups -OCH3 is 1. The molecule has 1 aliphatic rings. The first-order valence-corrected chi connectivity index (χ1v) is 12.9. The maximum atomic E-state index is 14.5. The maximum absolute atomic E-state index is 14.5. The van der Waals surface area contributed by atoms with Crippen LogP contribution in [0.3, 0.4) is 0 Å². The minimum Gasteiger partial charge on any atom is -0.494 e. The third-order valence-corrected chi connectivity index (χ3v) is 8.21. The summed E-state index contributed by atoms with van der Waals surface area (Å²) >= 11 is 7.91. The number of ether oxygens (including phenoxy) is 1. The number of halogens is 3. The number of hydrogen-bond acceptors (Lipinski definition) is 5. The lowest BCUT2D eigenvalue weighted by molar-refractivity contribution is 0.415. The third kappa shape index (κ3) is 4.97. The largest absolute Gasteiger partial charge is 0.494 e. The molecule has 1 aromatic heterocycles. The van der Waals surface area contributed by atoms with Crippen LogP contribution in [-0.2, 0) is 17.1 Å². The zero-order valence-electron chi connectivity index (χ0n) is 17.6.